The van der Waals surface area contributed by atoms with E-state index in [-0.39, 0.29) is 12.0 Å². The van der Waals surface area contributed by atoms with Crippen molar-refractivity contribution in [3.05, 3.63) is 81.0 Å². The number of nitrogens with one attached hydrogen (secondary N) is 2. The fraction of sp³-hybridized carbons (Fsp3) is 0.385. The summed E-state index contributed by atoms with van der Waals surface area (Å²) in [5.74, 6) is 2.81. The summed E-state index contributed by atoms with van der Waals surface area (Å²) in [4.78, 5) is 9.29. The first-order chi connectivity index (χ1) is 15.5. The number of nitrogens with zero attached hydrogens (tertiary/aromatic N) is 2. The number of benzene rings is 2. The van der Waals surface area contributed by atoms with Crippen molar-refractivity contribution in [2.45, 2.75) is 64.0 Å². The summed E-state index contributed by atoms with van der Waals surface area (Å²) >= 11 is 9.74. The molecule has 0 saturated heterocycles. The van der Waals surface area contributed by atoms with E-state index in [9.17, 15) is 0 Å². The van der Waals surface area contributed by atoms with Gasteiger partial charge in [-0.3, -0.25) is 0 Å². The Morgan fingerprint density at radius 2 is 1.75 bits per heavy atom. The highest BCUT2D eigenvalue weighted by molar-refractivity contribution is 9.10. The minimum Gasteiger partial charge on any atom is -0.367 e. The minimum atomic E-state index is 0.161. The van der Waals surface area contributed by atoms with Crippen molar-refractivity contribution < 1.29 is 0 Å². The first-order valence-electron chi connectivity index (χ1n) is 11.3. The molecule has 0 amide bonds. The smallest absolute Gasteiger partial charge is 0.132 e. The normalized spacial score (nSPS) is 16.0. The second kappa shape index (κ2) is 10.7. The molecule has 0 spiro atoms. The van der Waals surface area contributed by atoms with Gasteiger partial charge >= 0.3 is 0 Å². The van der Waals surface area contributed by atoms with Crippen LogP contribution in [-0.4, -0.2) is 22.1 Å². The SMILES string of the molecule is Cc1nc(NC2CCCC2)cc(N[C@@H](C)[C@@H](Cc2ccc(Cl)cc2)c2cccc(Br)c2)n1. The van der Waals surface area contributed by atoms with E-state index in [0.717, 1.165) is 33.4 Å². The standard InChI is InChI=1S/C26H30BrClN4/c1-17(29-25-16-26(31-18(2)30-25)32-23-8-3-4-9-23)24(20-6-5-7-21(27)15-20)14-19-10-12-22(28)13-11-19/h5-7,10-13,15-17,23-24H,3-4,8-9,14H2,1-2H3,(H2,29,30,31,32)/t17-,24+/m0/s1. The van der Waals surface area contributed by atoms with Gasteiger partial charge in [0.2, 0.25) is 0 Å². The largest absolute Gasteiger partial charge is 0.367 e. The molecule has 6 heteroatoms. The van der Waals surface area contributed by atoms with Crippen LogP contribution in [0.5, 0.6) is 0 Å². The summed E-state index contributed by atoms with van der Waals surface area (Å²) in [6.07, 6.45) is 5.92. The Morgan fingerprint density at radius 1 is 1.03 bits per heavy atom. The predicted molar refractivity (Wildman–Crippen MR) is 138 cm³/mol. The topological polar surface area (TPSA) is 49.8 Å². The third-order valence-electron chi connectivity index (χ3n) is 6.17. The van der Waals surface area contributed by atoms with Crippen LogP contribution in [0.4, 0.5) is 11.6 Å². The summed E-state index contributed by atoms with van der Waals surface area (Å²) in [5, 5.41) is 8.03. The van der Waals surface area contributed by atoms with Gasteiger partial charge in [0.05, 0.1) is 0 Å². The van der Waals surface area contributed by atoms with Crippen molar-refractivity contribution in [3.63, 3.8) is 0 Å². The summed E-state index contributed by atoms with van der Waals surface area (Å²) < 4.78 is 1.09. The average molecular weight is 514 g/mol. The zero-order valence-corrected chi connectivity index (χ0v) is 21.0. The zero-order valence-electron chi connectivity index (χ0n) is 18.6. The molecular weight excluding hydrogens is 484 g/mol. The Balaban J connectivity index is 1.55. The van der Waals surface area contributed by atoms with E-state index < -0.39 is 0 Å². The number of halogens is 2. The van der Waals surface area contributed by atoms with Crippen molar-refractivity contribution in [1.29, 1.82) is 0 Å². The van der Waals surface area contributed by atoms with Gasteiger partial charge in [0.1, 0.15) is 17.5 Å². The van der Waals surface area contributed by atoms with Gasteiger partial charge in [-0.25, -0.2) is 9.97 Å². The van der Waals surface area contributed by atoms with Crippen LogP contribution >= 0.6 is 27.5 Å². The van der Waals surface area contributed by atoms with E-state index in [1.807, 2.05) is 25.1 Å². The highest BCUT2D eigenvalue weighted by Crippen LogP contribution is 2.30. The van der Waals surface area contributed by atoms with Crippen LogP contribution in [0.3, 0.4) is 0 Å². The van der Waals surface area contributed by atoms with Crippen LogP contribution in [-0.2, 0) is 6.42 Å². The molecular formula is C26H30BrClN4. The van der Waals surface area contributed by atoms with Crippen LogP contribution in [0.2, 0.25) is 5.02 Å². The molecule has 0 unspecified atom stereocenters. The Kier molecular flexibility index (Phi) is 7.69. The molecule has 1 aliphatic carbocycles. The Bertz CT molecular complexity index is 1030. The van der Waals surface area contributed by atoms with Gasteiger partial charge in [0.25, 0.3) is 0 Å². The van der Waals surface area contributed by atoms with Crippen molar-refractivity contribution in [2.75, 3.05) is 10.6 Å². The molecule has 0 aliphatic heterocycles. The van der Waals surface area contributed by atoms with Crippen molar-refractivity contribution in [2.24, 2.45) is 0 Å². The van der Waals surface area contributed by atoms with Gasteiger partial charge < -0.3 is 10.6 Å². The maximum atomic E-state index is 6.11. The second-order valence-electron chi connectivity index (χ2n) is 8.74. The Labute approximate surface area is 204 Å². The quantitative estimate of drug-likeness (QED) is 0.330. The van der Waals surface area contributed by atoms with Gasteiger partial charge in [-0.15, -0.1) is 0 Å². The van der Waals surface area contributed by atoms with E-state index >= 15 is 0 Å². The molecule has 1 saturated carbocycles. The molecule has 0 bridgehead atoms. The number of anilines is 2. The third-order valence-corrected chi connectivity index (χ3v) is 6.92. The molecule has 2 atom stereocenters. The Morgan fingerprint density at radius 3 is 2.47 bits per heavy atom. The van der Waals surface area contributed by atoms with Gasteiger partial charge in [0, 0.05) is 33.6 Å². The van der Waals surface area contributed by atoms with E-state index in [1.54, 1.807) is 0 Å². The van der Waals surface area contributed by atoms with E-state index in [0.29, 0.717) is 6.04 Å². The van der Waals surface area contributed by atoms with E-state index in [1.165, 1.54) is 36.8 Å². The molecule has 2 aromatic carbocycles. The van der Waals surface area contributed by atoms with Crippen LogP contribution in [0, 0.1) is 6.92 Å². The molecule has 2 N–H and O–H groups in total. The molecule has 1 aliphatic rings. The van der Waals surface area contributed by atoms with Crippen molar-refractivity contribution >= 4 is 39.2 Å². The van der Waals surface area contributed by atoms with Crippen LogP contribution in [0.1, 0.15) is 55.5 Å². The molecule has 1 heterocycles. The predicted octanol–water partition coefficient (Wildman–Crippen LogP) is 7.38. The molecule has 168 valence electrons. The monoisotopic (exact) mass is 512 g/mol. The highest BCUT2D eigenvalue weighted by atomic mass is 79.9. The van der Waals surface area contributed by atoms with Gasteiger partial charge in [0.15, 0.2) is 0 Å². The third kappa shape index (κ3) is 6.23. The Hall–Kier alpha value is -2.11. The van der Waals surface area contributed by atoms with Crippen LogP contribution < -0.4 is 10.6 Å². The number of hydrogen-bond donors (Lipinski definition) is 2. The van der Waals surface area contributed by atoms with Crippen molar-refractivity contribution in [3.8, 4) is 0 Å². The summed E-state index contributed by atoms with van der Waals surface area (Å²) in [5.41, 5.74) is 2.54. The maximum Gasteiger partial charge on any atom is 0.132 e. The molecule has 3 aromatic rings. The second-order valence-corrected chi connectivity index (χ2v) is 10.1. The number of aryl methyl sites for hydroxylation is 1. The van der Waals surface area contributed by atoms with Gasteiger partial charge in [-0.2, -0.15) is 0 Å². The first kappa shape index (κ1) is 23.1. The lowest BCUT2D eigenvalue weighted by Gasteiger charge is -2.27. The van der Waals surface area contributed by atoms with Crippen LogP contribution in [0.15, 0.2) is 59.1 Å². The van der Waals surface area contributed by atoms with Gasteiger partial charge in [-0.1, -0.05) is 64.6 Å². The first-order valence-corrected chi connectivity index (χ1v) is 12.5. The number of hydrogen-bond acceptors (Lipinski definition) is 4. The molecule has 1 aromatic heterocycles. The molecule has 1 fully saturated rings. The molecule has 32 heavy (non-hydrogen) atoms. The lowest BCUT2D eigenvalue weighted by molar-refractivity contribution is 0.593. The summed E-state index contributed by atoms with van der Waals surface area (Å²) in [7, 11) is 0. The summed E-state index contributed by atoms with van der Waals surface area (Å²) in [6, 6.07) is 19.4. The van der Waals surface area contributed by atoms with Crippen LogP contribution in [0.25, 0.3) is 0 Å². The fourth-order valence-electron chi connectivity index (χ4n) is 4.52. The number of aromatic nitrogens is 2. The fourth-order valence-corrected chi connectivity index (χ4v) is 5.07. The van der Waals surface area contributed by atoms with E-state index in [4.69, 9.17) is 11.6 Å². The maximum absolute atomic E-state index is 6.11. The number of rotatable bonds is 8. The molecule has 4 rings (SSSR count). The summed E-state index contributed by atoms with van der Waals surface area (Å²) in [6.45, 7) is 4.18. The minimum absolute atomic E-state index is 0.161. The van der Waals surface area contributed by atoms with Crippen molar-refractivity contribution in [1.82, 2.24) is 9.97 Å². The molecule has 4 nitrogen and oxygen atoms in total. The van der Waals surface area contributed by atoms with E-state index in [2.05, 4.69) is 79.9 Å². The lowest BCUT2D eigenvalue weighted by Crippen LogP contribution is -2.27. The highest BCUT2D eigenvalue weighted by Gasteiger charge is 2.22. The van der Waals surface area contributed by atoms with Gasteiger partial charge in [-0.05, 0) is 68.5 Å². The molecule has 0 radical (unpaired) electrons. The average Bonchev–Trinajstić information content (AvgIpc) is 3.25. The zero-order chi connectivity index (χ0) is 22.5. The lowest BCUT2D eigenvalue weighted by atomic mass is 9.86.